The molecule has 0 radical (unpaired) electrons. The van der Waals surface area contributed by atoms with Gasteiger partial charge >= 0.3 is 0 Å². The third-order valence-corrected chi connectivity index (χ3v) is 5.49. The molecule has 5 nitrogen and oxygen atoms in total. The van der Waals surface area contributed by atoms with Gasteiger partial charge in [-0.2, -0.15) is 0 Å². The molecule has 0 atom stereocenters. The number of rotatable bonds is 5. The molecule has 0 unspecified atom stereocenters. The van der Waals surface area contributed by atoms with E-state index in [1.165, 1.54) is 5.56 Å². The fraction of sp³-hybridized carbons (Fsp3) is 0.333. The fourth-order valence-corrected chi connectivity index (χ4v) is 3.66. The molecular weight excluding hydrogens is 362 g/mol. The van der Waals surface area contributed by atoms with Gasteiger partial charge in [0.05, 0.1) is 6.54 Å². The van der Waals surface area contributed by atoms with Gasteiger partial charge in [0.25, 0.3) is 5.91 Å². The van der Waals surface area contributed by atoms with Crippen molar-refractivity contribution < 1.29 is 9.32 Å². The summed E-state index contributed by atoms with van der Waals surface area (Å²) in [7, 11) is 0. The number of piperazine rings is 1. The lowest BCUT2D eigenvalue weighted by atomic mass is 10.0. The van der Waals surface area contributed by atoms with Gasteiger partial charge in [-0.25, -0.2) is 0 Å². The van der Waals surface area contributed by atoms with Crippen LogP contribution in [-0.4, -0.2) is 47.0 Å². The number of nitrogens with zero attached hydrogens (tertiary/aromatic N) is 3. The van der Waals surface area contributed by atoms with Crippen molar-refractivity contribution in [3.05, 3.63) is 77.6 Å². The lowest BCUT2D eigenvalue weighted by molar-refractivity contribution is 0.0617. The van der Waals surface area contributed by atoms with Crippen molar-refractivity contribution in [3.8, 4) is 11.3 Å². The van der Waals surface area contributed by atoms with Crippen LogP contribution in [0.25, 0.3) is 11.3 Å². The van der Waals surface area contributed by atoms with Gasteiger partial charge in [-0.05, 0) is 23.6 Å². The molecule has 0 spiro atoms. The minimum atomic E-state index is 0.117. The van der Waals surface area contributed by atoms with Crippen molar-refractivity contribution in [2.75, 3.05) is 26.2 Å². The number of hydrogen-bond acceptors (Lipinski definition) is 4. The molecule has 1 fully saturated rings. The van der Waals surface area contributed by atoms with Crippen LogP contribution in [0.5, 0.6) is 0 Å². The summed E-state index contributed by atoms with van der Waals surface area (Å²) in [6, 6.07) is 20.1. The molecule has 1 saturated heterocycles. The zero-order valence-corrected chi connectivity index (χ0v) is 17.0. The van der Waals surface area contributed by atoms with E-state index in [1.807, 2.05) is 53.4 Å². The lowest BCUT2D eigenvalue weighted by Gasteiger charge is -2.34. The summed E-state index contributed by atoms with van der Waals surface area (Å²) in [4.78, 5) is 17.0. The molecule has 1 aromatic heterocycles. The first-order valence-electron chi connectivity index (χ1n) is 10.2. The molecule has 29 heavy (non-hydrogen) atoms. The molecule has 0 bridgehead atoms. The highest BCUT2D eigenvalue weighted by atomic mass is 16.5. The molecule has 0 saturated carbocycles. The van der Waals surface area contributed by atoms with Crippen LogP contribution in [0.4, 0.5) is 0 Å². The van der Waals surface area contributed by atoms with Crippen LogP contribution in [0, 0.1) is 0 Å². The number of carbonyl (C=O) groups is 1. The summed E-state index contributed by atoms with van der Waals surface area (Å²) in [5.74, 6) is 1.44. The molecule has 1 aliphatic rings. The van der Waals surface area contributed by atoms with E-state index < -0.39 is 0 Å². The van der Waals surface area contributed by atoms with Gasteiger partial charge in [-0.1, -0.05) is 61.5 Å². The van der Waals surface area contributed by atoms with Gasteiger partial charge in [0, 0.05) is 43.4 Å². The monoisotopic (exact) mass is 389 g/mol. The molecular formula is C24H27N3O2. The number of amides is 1. The van der Waals surface area contributed by atoms with Crippen LogP contribution in [0.1, 0.15) is 41.4 Å². The highest BCUT2D eigenvalue weighted by Gasteiger charge is 2.23. The first-order chi connectivity index (χ1) is 14.1. The lowest BCUT2D eigenvalue weighted by Crippen LogP contribution is -2.48. The Bertz CT molecular complexity index is 940. The second kappa shape index (κ2) is 8.62. The van der Waals surface area contributed by atoms with Crippen molar-refractivity contribution in [1.29, 1.82) is 0 Å². The van der Waals surface area contributed by atoms with Crippen LogP contribution < -0.4 is 0 Å². The van der Waals surface area contributed by atoms with Crippen molar-refractivity contribution >= 4 is 5.91 Å². The van der Waals surface area contributed by atoms with E-state index in [0.717, 1.165) is 48.8 Å². The van der Waals surface area contributed by atoms with Crippen LogP contribution in [0.3, 0.4) is 0 Å². The predicted molar refractivity (Wildman–Crippen MR) is 114 cm³/mol. The second-order valence-electron chi connectivity index (χ2n) is 7.89. The molecule has 5 heteroatoms. The standard InChI is InChI=1S/C24H27N3O2/c1-18(2)19-8-10-21(11-9-19)24(28)27-14-12-26(13-15-27)17-22-16-23(25-29-22)20-6-4-3-5-7-20/h3-11,16,18H,12-15,17H2,1-2H3. The normalized spacial score (nSPS) is 15.1. The Morgan fingerprint density at radius 2 is 1.69 bits per heavy atom. The predicted octanol–water partition coefficient (Wildman–Crippen LogP) is 4.42. The highest BCUT2D eigenvalue weighted by molar-refractivity contribution is 5.94. The van der Waals surface area contributed by atoms with Crippen molar-refractivity contribution in [3.63, 3.8) is 0 Å². The van der Waals surface area contributed by atoms with Gasteiger partial charge in [-0.3, -0.25) is 9.69 Å². The van der Waals surface area contributed by atoms with Crippen molar-refractivity contribution in [2.45, 2.75) is 26.3 Å². The Labute approximate surface area is 171 Å². The largest absolute Gasteiger partial charge is 0.359 e. The summed E-state index contributed by atoms with van der Waals surface area (Å²) < 4.78 is 5.52. The van der Waals surface area contributed by atoms with Crippen molar-refractivity contribution in [2.24, 2.45) is 0 Å². The average molecular weight is 389 g/mol. The van der Waals surface area contributed by atoms with Gasteiger partial charge in [0.2, 0.25) is 0 Å². The van der Waals surface area contributed by atoms with E-state index in [-0.39, 0.29) is 5.91 Å². The summed E-state index contributed by atoms with van der Waals surface area (Å²) in [5.41, 5.74) is 3.94. The van der Waals surface area contributed by atoms with Gasteiger partial charge in [0.1, 0.15) is 5.69 Å². The molecule has 4 rings (SSSR count). The zero-order chi connectivity index (χ0) is 20.2. The van der Waals surface area contributed by atoms with E-state index in [1.54, 1.807) is 0 Å². The molecule has 1 aliphatic heterocycles. The molecule has 2 aromatic carbocycles. The number of hydrogen-bond donors (Lipinski definition) is 0. The third-order valence-electron chi connectivity index (χ3n) is 5.49. The Morgan fingerprint density at radius 3 is 2.34 bits per heavy atom. The minimum absolute atomic E-state index is 0.117. The quantitative estimate of drug-likeness (QED) is 0.648. The van der Waals surface area contributed by atoms with E-state index in [2.05, 4.69) is 36.0 Å². The van der Waals surface area contributed by atoms with Crippen molar-refractivity contribution in [1.82, 2.24) is 15.0 Å². The first kappa shape index (κ1) is 19.4. The number of benzene rings is 2. The van der Waals surface area contributed by atoms with Gasteiger partial charge in [0.15, 0.2) is 5.76 Å². The van der Waals surface area contributed by atoms with Gasteiger partial charge < -0.3 is 9.42 Å². The summed E-state index contributed by atoms with van der Waals surface area (Å²) >= 11 is 0. The maximum absolute atomic E-state index is 12.8. The van der Waals surface area contributed by atoms with Crippen LogP contribution in [0.2, 0.25) is 0 Å². The van der Waals surface area contributed by atoms with Gasteiger partial charge in [-0.15, -0.1) is 0 Å². The van der Waals surface area contributed by atoms with E-state index in [4.69, 9.17) is 4.52 Å². The van der Waals surface area contributed by atoms with Crippen LogP contribution >= 0.6 is 0 Å². The second-order valence-corrected chi connectivity index (χ2v) is 7.89. The Hall–Kier alpha value is -2.92. The molecule has 150 valence electrons. The summed E-state index contributed by atoms with van der Waals surface area (Å²) in [6.45, 7) is 8.15. The van der Waals surface area contributed by atoms with E-state index in [0.29, 0.717) is 12.5 Å². The van der Waals surface area contributed by atoms with E-state index >= 15 is 0 Å². The molecule has 1 amide bonds. The maximum atomic E-state index is 12.8. The smallest absolute Gasteiger partial charge is 0.253 e. The Kier molecular flexibility index (Phi) is 5.76. The number of carbonyl (C=O) groups excluding carboxylic acids is 1. The summed E-state index contributed by atoms with van der Waals surface area (Å²) in [6.07, 6.45) is 0. The third kappa shape index (κ3) is 4.57. The molecule has 2 heterocycles. The SMILES string of the molecule is CC(C)c1ccc(C(=O)N2CCN(Cc3cc(-c4ccccc4)no3)CC2)cc1. The summed E-state index contributed by atoms with van der Waals surface area (Å²) in [5, 5.41) is 4.19. The zero-order valence-electron chi connectivity index (χ0n) is 17.0. The van der Waals surface area contributed by atoms with Crippen LogP contribution in [0.15, 0.2) is 65.2 Å². The molecule has 0 N–H and O–H groups in total. The number of aromatic nitrogens is 1. The molecule has 3 aromatic rings. The van der Waals surface area contributed by atoms with Crippen LogP contribution in [-0.2, 0) is 6.54 Å². The Balaban J connectivity index is 1.31. The minimum Gasteiger partial charge on any atom is -0.359 e. The first-order valence-corrected chi connectivity index (χ1v) is 10.2. The highest BCUT2D eigenvalue weighted by Crippen LogP contribution is 2.20. The molecule has 0 aliphatic carbocycles. The average Bonchev–Trinajstić information content (AvgIpc) is 3.23. The maximum Gasteiger partial charge on any atom is 0.253 e. The topological polar surface area (TPSA) is 49.6 Å². The Morgan fingerprint density at radius 1 is 1.00 bits per heavy atom. The van der Waals surface area contributed by atoms with E-state index in [9.17, 15) is 4.79 Å². The fourth-order valence-electron chi connectivity index (χ4n) is 3.66.